The Bertz CT molecular complexity index is 417. The van der Waals surface area contributed by atoms with Crippen LogP contribution < -0.4 is 0 Å². The molecule has 0 aromatic rings. The van der Waals surface area contributed by atoms with E-state index in [4.69, 9.17) is 0 Å². The molecule has 0 amide bonds. The van der Waals surface area contributed by atoms with Gasteiger partial charge in [0.15, 0.2) is 0 Å². The molecule has 2 aliphatic heterocycles. The SMILES string of the molecule is C[C@@H]1C[C@@]2(CN3CCC[C@H]3C(=O)O)C[C@H]2N1C(C)(C)C. The summed E-state index contributed by atoms with van der Waals surface area (Å²) in [5.74, 6) is -0.630. The van der Waals surface area contributed by atoms with Crippen LogP contribution in [0.3, 0.4) is 0 Å². The van der Waals surface area contributed by atoms with Gasteiger partial charge in [-0.05, 0) is 59.9 Å². The van der Waals surface area contributed by atoms with E-state index in [1.807, 2.05) is 0 Å². The lowest BCUT2D eigenvalue weighted by Crippen LogP contribution is -2.45. The van der Waals surface area contributed by atoms with E-state index < -0.39 is 5.97 Å². The van der Waals surface area contributed by atoms with Gasteiger partial charge in [0, 0.05) is 29.6 Å². The summed E-state index contributed by atoms with van der Waals surface area (Å²) in [4.78, 5) is 16.2. The highest BCUT2D eigenvalue weighted by atomic mass is 16.4. The predicted molar refractivity (Wildman–Crippen MR) is 78.7 cm³/mol. The van der Waals surface area contributed by atoms with E-state index in [0.29, 0.717) is 17.5 Å². The Hall–Kier alpha value is -0.610. The second-order valence-corrected chi connectivity index (χ2v) is 8.18. The van der Waals surface area contributed by atoms with Crippen molar-refractivity contribution >= 4 is 5.97 Å². The van der Waals surface area contributed by atoms with Crippen LogP contribution in [0.1, 0.15) is 53.4 Å². The average molecular weight is 280 g/mol. The molecule has 2 heterocycles. The van der Waals surface area contributed by atoms with E-state index in [-0.39, 0.29) is 11.6 Å². The number of carboxylic acid groups (broad SMARTS) is 1. The maximum atomic E-state index is 11.3. The molecular weight excluding hydrogens is 252 g/mol. The van der Waals surface area contributed by atoms with Crippen LogP contribution in [0.4, 0.5) is 0 Å². The van der Waals surface area contributed by atoms with Gasteiger partial charge in [-0.3, -0.25) is 14.6 Å². The van der Waals surface area contributed by atoms with Crippen LogP contribution in [0.25, 0.3) is 0 Å². The molecule has 4 nitrogen and oxygen atoms in total. The quantitative estimate of drug-likeness (QED) is 0.860. The standard InChI is InChI=1S/C16H28N2O2/c1-11-8-16(9-13(16)18(11)15(2,3)4)10-17-7-5-6-12(17)14(19)20/h11-13H,5-10H2,1-4H3,(H,19,20)/t11-,12+,13-,16+/m1/s1. The fraction of sp³-hybridized carbons (Fsp3) is 0.938. The minimum Gasteiger partial charge on any atom is -0.480 e. The molecule has 1 aliphatic carbocycles. The number of aliphatic carboxylic acids is 1. The Morgan fingerprint density at radius 3 is 2.60 bits per heavy atom. The van der Waals surface area contributed by atoms with Gasteiger partial charge in [-0.2, -0.15) is 0 Å². The molecular formula is C16H28N2O2. The van der Waals surface area contributed by atoms with Gasteiger partial charge in [-0.25, -0.2) is 0 Å². The van der Waals surface area contributed by atoms with Crippen LogP contribution in [0, 0.1) is 5.41 Å². The van der Waals surface area contributed by atoms with Gasteiger partial charge in [0.1, 0.15) is 6.04 Å². The van der Waals surface area contributed by atoms with Crippen LogP contribution in [-0.2, 0) is 4.79 Å². The van der Waals surface area contributed by atoms with Crippen molar-refractivity contribution in [2.45, 2.75) is 77.0 Å². The number of hydrogen-bond donors (Lipinski definition) is 1. The first-order valence-corrected chi connectivity index (χ1v) is 8.00. The summed E-state index contributed by atoms with van der Waals surface area (Å²) in [6.07, 6.45) is 4.36. The fourth-order valence-corrected chi connectivity index (χ4v) is 5.00. The number of fused-ring (bicyclic) bond motifs is 1. The zero-order valence-corrected chi connectivity index (χ0v) is 13.2. The minimum atomic E-state index is -0.630. The van der Waals surface area contributed by atoms with E-state index in [2.05, 4.69) is 37.5 Å². The molecule has 4 heteroatoms. The van der Waals surface area contributed by atoms with Crippen molar-refractivity contribution in [2.75, 3.05) is 13.1 Å². The first-order valence-electron chi connectivity index (χ1n) is 8.00. The maximum Gasteiger partial charge on any atom is 0.320 e. The summed E-state index contributed by atoms with van der Waals surface area (Å²) in [6.45, 7) is 11.2. The lowest BCUT2D eigenvalue weighted by atomic mass is 9.98. The fourth-order valence-electron chi connectivity index (χ4n) is 5.00. The highest BCUT2D eigenvalue weighted by Gasteiger charge is 2.65. The van der Waals surface area contributed by atoms with Crippen molar-refractivity contribution in [3.05, 3.63) is 0 Å². The third-order valence-electron chi connectivity index (χ3n) is 5.60. The van der Waals surface area contributed by atoms with Gasteiger partial charge < -0.3 is 5.11 Å². The highest BCUT2D eigenvalue weighted by molar-refractivity contribution is 5.73. The molecule has 0 spiro atoms. The van der Waals surface area contributed by atoms with Crippen molar-refractivity contribution in [3.8, 4) is 0 Å². The number of hydrogen-bond acceptors (Lipinski definition) is 3. The Morgan fingerprint density at radius 1 is 1.35 bits per heavy atom. The molecule has 0 unspecified atom stereocenters. The van der Waals surface area contributed by atoms with Gasteiger partial charge in [-0.15, -0.1) is 0 Å². The number of rotatable bonds is 3. The van der Waals surface area contributed by atoms with Gasteiger partial charge >= 0.3 is 5.97 Å². The number of piperidine rings is 1. The minimum absolute atomic E-state index is 0.222. The molecule has 2 saturated heterocycles. The van der Waals surface area contributed by atoms with Crippen molar-refractivity contribution in [3.63, 3.8) is 0 Å². The molecule has 0 bridgehead atoms. The number of nitrogens with zero attached hydrogens (tertiary/aromatic N) is 2. The molecule has 3 rings (SSSR count). The monoisotopic (exact) mass is 280 g/mol. The zero-order valence-electron chi connectivity index (χ0n) is 13.2. The second-order valence-electron chi connectivity index (χ2n) is 8.18. The van der Waals surface area contributed by atoms with Gasteiger partial charge in [-0.1, -0.05) is 0 Å². The normalized spacial score (nSPS) is 41.9. The first kappa shape index (κ1) is 14.3. The Kier molecular flexibility index (Phi) is 3.18. The van der Waals surface area contributed by atoms with E-state index in [1.54, 1.807) is 0 Å². The van der Waals surface area contributed by atoms with Crippen molar-refractivity contribution < 1.29 is 9.90 Å². The number of carbonyl (C=O) groups is 1. The van der Waals surface area contributed by atoms with Gasteiger partial charge in [0.05, 0.1) is 0 Å². The van der Waals surface area contributed by atoms with E-state index in [9.17, 15) is 9.90 Å². The summed E-state index contributed by atoms with van der Waals surface area (Å²) >= 11 is 0. The number of likely N-dealkylation sites (tertiary alicyclic amines) is 2. The van der Waals surface area contributed by atoms with Crippen LogP contribution in [-0.4, -0.2) is 57.6 Å². The van der Waals surface area contributed by atoms with E-state index >= 15 is 0 Å². The summed E-state index contributed by atoms with van der Waals surface area (Å²) in [7, 11) is 0. The Labute approximate surface area is 122 Å². The van der Waals surface area contributed by atoms with Crippen molar-refractivity contribution in [2.24, 2.45) is 5.41 Å². The zero-order chi connectivity index (χ0) is 14.7. The lowest BCUT2D eigenvalue weighted by molar-refractivity contribution is -0.142. The predicted octanol–water partition coefficient (Wildman–Crippen LogP) is 2.19. The lowest BCUT2D eigenvalue weighted by Gasteiger charge is -2.37. The van der Waals surface area contributed by atoms with Crippen LogP contribution in [0.2, 0.25) is 0 Å². The molecule has 4 atom stereocenters. The van der Waals surface area contributed by atoms with Crippen LogP contribution in [0.15, 0.2) is 0 Å². The largest absolute Gasteiger partial charge is 0.480 e. The topological polar surface area (TPSA) is 43.8 Å². The van der Waals surface area contributed by atoms with E-state index in [1.165, 1.54) is 12.8 Å². The molecule has 0 radical (unpaired) electrons. The Balaban J connectivity index is 1.70. The average Bonchev–Trinajstić information content (AvgIpc) is 2.70. The van der Waals surface area contributed by atoms with Gasteiger partial charge in [0.2, 0.25) is 0 Å². The molecule has 0 aromatic heterocycles. The van der Waals surface area contributed by atoms with Crippen molar-refractivity contribution in [1.82, 2.24) is 9.80 Å². The first-order chi connectivity index (χ1) is 9.24. The molecule has 20 heavy (non-hydrogen) atoms. The molecule has 0 aromatic carbocycles. The van der Waals surface area contributed by atoms with Gasteiger partial charge in [0.25, 0.3) is 0 Å². The third-order valence-corrected chi connectivity index (χ3v) is 5.60. The third kappa shape index (κ3) is 2.17. The van der Waals surface area contributed by atoms with Crippen molar-refractivity contribution in [1.29, 1.82) is 0 Å². The number of carboxylic acids is 1. The molecule has 1 saturated carbocycles. The molecule has 3 fully saturated rings. The molecule has 114 valence electrons. The Morgan fingerprint density at radius 2 is 2.05 bits per heavy atom. The second kappa shape index (κ2) is 4.44. The summed E-state index contributed by atoms with van der Waals surface area (Å²) in [6, 6.07) is 1.07. The summed E-state index contributed by atoms with van der Waals surface area (Å²) in [5, 5.41) is 9.34. The molecule has 1 N–H and O–H groups in total. The van der Waals surface area contributed by atoms with E-state index in [0.717, 1.165) is 25.9 Å². The maximum absolute atomic E-state index is 11.3. The summed E-state index contributed by atoms with van der Waals surface area (Å²) in [5.41, 5.74) is 0.601. The smallest absolute Gasteiger partial charge is 0.320 e. The molecule has 3 aliphatic rings. The van der Waals surface area contributed by atoms with Crippen LogP contribution in [0.5, 0.6) is 0 Å². The van der Waals surface area contributed by atoms with Crippen LogP contribution >= 0.6 is 0 Å². The highest BCUT2D eigenvalue weighted by Crippen LogP contribution is 2.61. The summed E-state index contributed by atoms with van der Waals surface area (Å²) < 4.78 is 0.